The highest BCUT2D eigenvalue weighted by Gasteiger charge is 2.40. The SMILES string of the molecule is CC(C)c1cccc(N2CC(=O)N3CCCCC3C2=O)c1. The maximum absolute atomic E-state index is 12.7. The molecule has 3 rings (SSSR count). The molecule has 1 atom stereocenters. The number of anilines is 1. The molecule has 1 aromatic carbocycles. The number of piperazine rings is 1. The van der Waals surface area contributed by atoms with E-state index in [0.29, 0.717) is 5.92 Å². The maximum Gasteiger partial charge on any atom is 0.250 e. The van der Waals surface area contributed by atoms with Gasteiger partial charge in [-0.1, -0.05) is 26.0 Å². The van der Waals surface area contributed by atoms with Gasteiger partial charge in [0.05, 0.1) is 0 Å². The third-order valence-corrected chi connectivity index (χ3v) is 4.52. The van der Waals surface area contributed by atoms with Gasteiger partial charge in [-0.15, -0.1) is 0 Å². The van der Waals surface area contributed by atoms with Gasteiger partial charge in [-0.3, -0.25) is 9.59 Å². The number of nitrogens with zero attached hydrogens (tertiary/aromatic N) is 2. The molecule has 112 valence electrons. The van der Waals surface area contributed by atoms with E-state index >= 15 is 0 Å². The summed E-state index contributed by atoms with van der Waals surface area (Å²) in [6.07, 6.45) is 2.84. The smallest absolute Gasteiger partial charge is 0.250 e. The van der Waals surface area contributed by atoms with Crippen LogP contribution < -0.4 is 4.90 Å². The third-order valence-electron chi connectivity index (χ3n) is 4.52. The summed E-state index contributed by atoms with van der Waals surface area (Å²) in [5.41, 5.74) is 2.04. The molecule has 2 aliphatic rings. The van der Waals surface area contributed by atoms with Crippen molar-refractivity contribution in [2.75, 3.05) is 18.0 Å². The van der Waals surface area contributed by atoms with Gasteiger partial charge in [0, 0.05) is 12.2 Å². The second-order valence-corrected chi connectivity index (χ2v) is 6.27. The van der Waals surface area contributed by atoms with E-state index in [1.54, 1.807) is 9.80 Å². The Hall–Kier alpha value is -1.84. The molecule has 1 unspecified atom stereocenters. The van der Waals surface area contributed by atoms with Crippen molar-refractivity contribution < 1.29 is 9.59 Å². The summed E-state index contributed by atoms with van der Waals surface area (Å²) in [4.78, 5) is 28.5. The molecule has 4 nitrogen and oxygen atoms in total. The molecule has 2 heterocycles. The fourth-order valence-corrected chi connectivity index (χ4v) is 3.24. The van der Waals surface area contributed by atoms with Gasteiger partial charge in [0.25, 0.3) is 0 Å². The molecule has 2 aliphatic heterocycles. The summed E-state index contributed by atoms with van der Waals surface area (Å²) in [5, 5.41) is 0. The zero-order valence-corrected chi connectivity index (χ0v) is 12.7. The number of amides is 2. The minimum absolute atomic E-state index is 0.0780. The lowest BCUT2D eigenvalue weighted by molar-refractivity contribution is -0.144. The number of carbonyl (C=O) groups is 2. The Morgan fingerprint density at radius 1 is 1.19 bits per heavy atom. The topological polar surface area (TPSA) is 40.6 Å². The van der Waals surface area contributed by atoms with Crippen molar-refractivity contribution in [2.45, 2.75) is 45.1 Å². The molecule has 0 aliphatic carbocycles. The minimum atomic E-state index is -0.247. The summed E-state index contributed by atoms with van der Waals surface area (Å²) >= 11 is 0. The van der Waals surface area contributed by atoms with Crippen LogP contribution in [0.3, 0.4) is 0 Å². The van der Waals surface area contributed by atoms with Gasteiger partial charge >= 0.3 is 0 Å². The Kier molecular flexibility index (Phi) is 3.70. The first-order chi connectivity index (χ1) is 10.1. The first-order valence-corrected chi connectivity index (χ1v) is 7.78. The van der Waals surface area contributed by atoms with Crippen LogP contribution in [-0.4, -0.2) is 35.8 Å². The largest absolute Gasteiger partial charge is 0.329 e. The fraction of sp³-hybridized carbons (Fsp3) is 0.529. The third kappa shape index (κ3) is 2.55. The number of fused-ring (bicyclic) bond motifs is 1. The molecule has 0 aromatic heterocycles. The molecule has 4 heteroatoms. The minimum Gasteiger partial charge on any atom is -0.329 e. The van der Waals surface area contributed by atoms with Gasteiger partial charge in [0.2, 0.25) is 11.8 Å². The molecule has 2 fully saturated rings. The van der Waals surface area contributed by atoms with Gasteiger partial charge in [-0.2, -0.15) is 0 Å². The molecule has 0 saturated carbocycles. The van der Waals surface area contributed by atoms with Crippen LogP contribution in [0.2, 0.25) is 0 Å². The van der Waals surface area contributed by atoms with E-state index in [1.165, 1.54) is 5.56 Å². The second-order valence-electron chi connectivity index (χ2n) is 6.27. The van der Waals surface area contributed by atoms with Crippen LogP contribution in [0.15, 0.2) is 24.3 Å². The van der Waals surface area contributed by atoms with Crippen LogP contribution in [0, 0.1) is 0 Å². The molecule has 2 amide bonds. The van der Waals surface area contributed by atoms with Crippen molar-refractivity contribution in [2.24, 2.45) is 0 Å². The number of benzene rings is 1. The molecule has 0 radical (unpaired) electrons. The molecule has 1 aromatic rings. The van der Waals surface area contributed by atoms with Gasteiger partial charge in [-0.25, -0.2) is 0 Å². The van der Waals surface area contributed by atoms with E-state index < -0.39 is 0 Å². The lowest BCUT2D eigenvalue weighted by Gasteiger charge is -2.42. The average Bonchev–Trinajstić information content (AvgIpc) is 2.51. The van der Waals surface area contributed by atoms with Crippen LogP contribution in [-0.2, 0) is 9.59 Å². The highest BCUT2D eigenvalue weighted by molar-refractivity contribution is 6.06. The highest BCUT2D eigenvalue weighted by Crippen LogP contribution is 2.28. The quantitative estimate of drug-likeness (QED) is 0.838. The van der Waals surface area contributed by atoms with E-state index in [1.807, 2.05) is 18.2 Å². The van der Waals surface area contributed by atoms with Crippen LogP contribution in [0.1, 0.15) is 44.6 Å². The zero-order chi connectivity index (χ0) is 15.0. The molecular formula is C17H22N2O2. The number of rotatable bonds is 2. The molecule has 21 heavy (non-hydrogen) atoms. The fourth-order valence-electron chi connectivity index (χ4n) is 3.24. The Balaban J connectivity index is 1.90. The second kappa shape index (κ2) is 5.51. The Bertz CT molecular complexity index is 568. The highest BCUT2D eigenvalue weighted by atomic mass is 16.2. The lowest BCUT2D eigenvalue weighted by atomic mass is 9.97. The standard InChI is InChI=1S/C17H22N2O2/c1-12(2)13-6-5-7-14(10-13)19-11-16(20)18-9-4-3-8-15(18)17(19)21/h5-7,10,12,15H,3-4,8-9,11H2,1-2H3. The van der Waals surface area contributed by atoms with Gasteiger partial charge in [0.15, 0.2) is 0 Å². The Morgan fingerprint density at radius 3 is 2.76 bits per heavy atom. The van der Waals surface area contributed by atoms with Crippen molar-refractivity contribution in [3.8, 4) is 0 Å². The van der Waals surface area contributed by atoms with E-state index in [9.17, 15) is 9.59 Å². The first kappa shape index (κ1) is 14.1. The first-order valence-electron chi connectivity index (χ1n) is 7.78. The normalized spacial score (nSPS) is 22.7. The van der Waals surface area contributed by atoms with Crippen LogP contribution in [0.4, 0.5) is 5.69 Å². The zero-order valence-electron chi connectivity index (χ0n) is 12.7. The van der Waals surface area contributed by atoms with Crippen molar-refractivity contribution in [1.82, 2.24) is 4.90 Å². The number of carbonyl (C=O) groups excluding carboxylic acids is 2. The van der Waals surface area contributed by atoms with Gasteiger partial charge in [-0.05, 0) is 42.9 Å². The Morgan fingerprint density at radius 2 is 2.00 bits per heavy atom. The van der Waals surface area contributed by atoms with Crippen LogP contribution in [0.25, 0.3) is 0 Å². The van der Waals surface area contributed by atoms with Crippen LogP contribution in [0.5, 0.6) is 0 Å². The van der Waals surface area contributed by atoms with Crippen molar-refractivity contribution in [3.05, 3.63) is 29.8 Å². The summed E-state index contributed by atoms with van der Waals surface area (Å²) in [7, 11) is 0. The molecule has 0 bridgehead atoms. The van der Waals surface area contributed by atoms with Crippen molar-refractivity contribution >= 4 is 17.5 Å². The van der Waals surface area contributed by atoms with Crippen molar-refractivity contribution in [3.63, 3.8) is 0 Å². The monoisotopic (exact) mass is 286 g/mol. The van der Waals surface area contributed by atoms with E-state index in [0.717, 1.165) is 31.5 Å². The predicted octanol–water partition coefficient (Wildman–Crippen LogP) is 2.54. The summed E-state index contributed by atoms with van der Waals surface area (Å²) in [6, 6.07) is 7.75. The summed E-state index contributed by atoms with van der Waals surface area (Å²) in [6.45, 7) is 5.17. The van der Waals surface area contributed by atoms with E-state index in [4.69, 9.17) is 0 Å². The molecular weight excluding hydrogens is 264 g/mol. The lowest BCUT2D eigenvalue weighted by Crippen LogP contribution is -2.61. The van der Waals surface area contributed by atoms with E-state index in [2.05, 4.69) is 19.9 Å². The summed E-state index contributed by atoms with van der Waals surface area (Å²) in [5.74, 6) is 0.566. The van der Waals surface area contributed by atoms with Crippen LogP contribution >= 0.6 is 0 Å². The van der Waals surface area contributed by atoms with E-state index in [-0.39, 0.29) is 24.4 Å². The molecule has 0 N–H and O–H groups in total. The van der Waals surface area contributed by atoms with Gasteiger partial charge in [0.1, 0.15) is 12.6 Å². The molecule has 2 saturated heterocycles. The predicted molar refractivity (Wildman–Crippen MR) is 82.2 cm³/mol. The number of piperidine rings is 1. The maximum atomic E-state index is 12.7. The number of hydrogen-bond donors (Lipinski definition) is 0. The van der Waals surface area contributed by atoms with Crippen molar-refractivity contribution in [1.29, 1.82) is 0 Å². The Labute approximate surface area is 125 Å². The van der Waals surface area contributed by atoms with Gasteiger partial charge < -0.3 is 9.80 Å². The molecule has 0 spiro atoms. The average molecular weight is 286 g/mol. The number of hydrogen-bond acceptors (Lipinski definition) is 2. The summed E-state index contributed by atoms with van der Waals surface area (Å²) < 4.78 is 0.